The summed E-state index contributed by atoms with van der Waals surface area (Å²) in [6.45, 7) is 0.990. The number of hydrogen-bond acceptors (Lipinski definition) is 4. The van der Waals surface area contributed by atoms with Crippen LogP contribution in [-0.4, -0.2) is 29.0 Å². The third-order valence-electron chi connectivity index (χ3n) is 4.56. The summed E-state index contributed by atoms with van der Waals surface area (Å²) in [5.41, 5.74) is 3.62. The van der Waals surface area contributed by atoms with E-state index in [4.69, 9.17) is 10.8 Å². The molecule has 3 unspecified atom stereocenters. The highest BCUT2D eigenvalue weighted by molar-refractivity contribution is 7.99. The Kier molecular flexibility index (Phi) is 7.84. The molecular weight excluding hydrogens is 432 g/mol. The molecule has 0 spiro atoms. The molecule has 0 aliphatic rings. The number of alkyl halides is 6. The Morgan fingerprint density at radius 2 is 1.60 bits per heavy atom. The van der Waals surface area contributed by atoms with E-state index < -0.39 is 48.2 Å². The zero-order valence-corrected chi connectivity index (χ0v) is 16.7. The highest BCUT2D eigenvalue weighted by Crippen LogP contribution is 2.41. The van der Waals surface area contributed by atoms with Crippen LogP contribution in [0.25, 0.3) is 0 Å². The standard InChI is InChI=1S/C20H21F6NO2S/c1-11(7-18(29)17(27)10-28)15-6-5-14(9-16(15)20(24,25)26)30-13-4-2-3-12(8-13)19(21,22)23/h2-6,8-9,11,17-18,28-29H,7,10,27H2,1H3. The lowest BCUT2D eigenvalue weighted by molar-refractivity contribution is -0.139. The molecule has 0 bridgehead atoms. The predicted molar refractivity (Wildman–Crippen MR) is 101 cm³/mol. The van der Waals surface area contributed by atoms with Crippen molar-refractivity contribution >= 4 is 11.8 Å². The van der Waals surface area contributed by atoms with E-state index in [1.807, 2.05) is 0 Å². The summed E-state index contributed by atoms with van der Waals surface area (Å²) in [6, 6.07) is 6.89. The van der Waals surface area contributed by atoms with Crippen molar-refractivity contribution in [2.75, 3.05) is 6.61 Å². The van der Waals surface area contributed by atoms with Gasteiger partial charge in [0.25, 0.3) is 0 Å². The molecule has 4 N–H and O–H groups in total. The minimum absolute atomic E-state index is 0.0694. The van der Waals surface area contributed by atoms with E-state index in [1.165, 1.54) is 31.2 Å². The van der Waals surface area contributed by atoms with Crippen LogP contribution < -0.4 is 5.73 Å². The highest BCUT2D eigenvalue weighted by atomic mass is 32.2. The lowest BCUT2D eigenvalue weighted by Crippen LogP contribution is -2.38. The van der Waals surface area contributed by atoms with Gasteiger partial charge in [-0.05, 0) is 48.2 Å². The quantitative estimate of drug-likeness (QED) is 0.514. The molecule has 2 rings (SSSR count). The molecular formula is C20H21F6NO2S. The maximum atomic E-state index is 13.6. The second kappa shape index (κ2) is 9.59. The van der Waals surface area contributed by atoms with Crippen molar-refractivity contribution < 1.29 is 36.6 Å². The van der Waals surface area contributed by atoms with Gasteiger partial charge in [0.15, 0.2) is 0 Å². The molecule has 0 aliphatic heterocycles. The van der Waals surface area contributed by atoms with Crippen LogP contribution in [0.2, 0.25) is 0 Å². The lowest BCUT2D eigenvalue weighted by Gasteiger charge is -2.23. The maximum absolute atomic E-state index is 13.6. The van der Waals surface area contributed by atoms with Crippen LogP contribution in [0.4, 0.5) is 26.3 Å². The summed E-state index contributed by atoms with van der Waals surface area (Å²) >= 11 is 0.789. The Bertz CT molecular complexity index is 856. The average molecular weight is 453 g/mol. The van der Waals surface area contributed by atoms with E-state index in [-0.39, 0.29) is 21.8 Å². The third kappa shape index (κ3) is 6.37. The second-order valence-electron chi connectivity index (χ2n) is 6.92. The molecule has 0 radical (unpaired) electrons. The van der Waals surface area contributed by atoms with Gasteiger partial charge < -0.3 is 15.9 Å². The number of benzene rings is 2. The zero-order valence-electron chi connectivity index (χ0n) is 15.8. The van der Waals surface area contributed by atoms with Crippen LogP contribution in [0.1, 0.15) is 36.0 Å². The molecule has 0 saturated heterocycles. The van der Waals surface area contributed by atoms with Gasteiger partial charge in [0.1, 0.15) is 0 Å². The molecule has 30 heavy (non-hydrogen) atoms. The van der Waals surface area contributed by atoms with Crippen LogP contribution in [0.3, 0.4) is 0 Å². The molecule has 2 aromatic rings. The first-order valence-corrected chi connectivity index (χ1v) is 9.75. The van der Waals surface area contributed by atoms with Crippen LogP contribution in [0.15, 0.2) is 52.3 Å². The second-order valence-corrected chi connectivity index (χ2v) is 8.07. The van der Waals surface area contributed by atoms with Gasteiger partial charge in [-0.1, -0.05) is 30.8 Å². The van der Waals surface area contributed by atoms with E-state index in [0.29, 0.717) is 0 Å². The smallest absolute Gasteiger partial charge is 0.395 e. The summed E-state index contributed by atoms with van der Waals surface area (Å²) < 4.78 is 79.4. The number of aliphatic hydroxyl groups excluding tert-OH is 2. The predicted octanol–water partition coefficient (Wildman–Crippen LogP) is 5.05. The van der Waals surface area contributed by atoms with Crippen molar-refractivity contribution in [3.63, 3.8) is 0 Å². The summed E-state index contributed by atoms with van der Waals surface area (Å²) in [4.78, 5) is 0.285. The molecule has 166 valence electrons. The van der Waals surface area contributed by atoms with Crippen LogP contribution in [0, 0.1) is 0 Å². The van der Waals surface area contributed by atoms with Gasteiger partial charge in [-0.15, -0.1) is 0 Å². The van der Waals surface area contributed by atoms with Gasteiger partial charge in [0.2, 0.25) is 0 Å². The molecule has 3 nitrogen and oxygen atoms in total. The van der Waals surface area contributed by atoms with Crippen molar-refractivity contribution in [3.05, 3.63) is 59.2 Å². The Morgan fingerprint density at radius 3 is 2.17 bits per heavy atom. The van der Waals surface area contributed by atoms with Crippen molar-refractivity contribution in [1.82, 2.24) is 0 Å². The molecule has 10 heteroatoms. The van der Waals surface area contributed by atoms with Gasteiger partial charge in [-0.2, -0.15) is 26.3 Å². The van der Waals surface area contributed by atoms with Crippen LogP contribution in [-0.2, 0) is 12.4 Å². The summed E-state index contributed by atoms with van der Waals surface area (Å²) in [7, 11) is 0. The van der Waals surface area contributed by atoms with Crippen LogP contribution in [0.5, 0.6) is 0 Å². The molecule has 2 aromatic carbocycles. The monoisotopic (exact) mass is 453 g/mol. The third-order valence-corrected chi connectivity index (χ3v) is 5.54. The minimum atomic E-state index is -4.70. The highest BCUT2D eigenvalue weighted by Gasteiger charge is 2.35. The number of nitrogens with two attached hydrogens (primary N) is 1. The molecule has 3 atom stereocenters. The van der Waals surface area contributed by atoms with Gasteiger partial charge in [-0.25, -0.2) is 0 Å². The molecule has 0 fully saturated rings. The van der Waals surface area contributed by atoms with Gasteiger partial charge in [-0.3, -0.25) is 0 Å². The van der Waals surface area contributed by atoms with Crippen molar-refractivity contribution in [1.29, 1.82) is 0 Å². The number of aliphatic hydroxyl groups is 2. The first-order chi connectivity index (χ1) is 13.8. The van der Waals surface area contributed by atoms with Crippen molar-refractivity contribution in [2.24, 2.45) is 5.73 Å². The van der Waals surface area contributed by atoms with E-state index in [2.05, 4.69) is 0 Å². The Morgan fingerprint density at radius 1 is 0.967 bits per heavy atom. The number of halogens is 6. The number of rotatable bonds is 7. The zero-order chi connectivity index (χ0) is 22.7. The average Bonchev–Trinajstić information content (AvgIpc) is 2.66. The van der Waals surface area contributed by atoms with Gasteiger partial charge >= 0.3 is 12.4 Å². The SMILES string of the molecule is CC(CC(O)C(N)CO)c1ccc(Sc2cccc(C(F)(F)F)c2)cc1C(F)(F)F. The van der Waals surface area contributed by atoms with Crippen molar-refractivity contribution in [3.8, 4) is 0 Å². The van der Waals surface area contributed by atoms with Crippen molar-refractivity contribution in [2.45, 2.75) is 53.6 Å². The van der Waals surface area contributed by atoms with Crippen LogP contribution >= 0.6 is 11.8 Å². The first-order valence-electron chi connectivity index (χ1n) is 8.93. The Hall–Kier alpha value is -1.75. The molecule has 0 aliphatic carbocycles. The summed E-state index contributed by atoms with van der Waals surface area (Å²) in [5, 5.41) is 18.9. The normalized spacial score (nSPS) is 15.7. The lowest BCUT2D eigenvalue weighted by atomic mass is 9.89. The topological polar surface area (TPSA) is 66.5 Å². The summed E-state index contributed by atoms with van der Waals surface area (Å²) in [6.07, 6.45) is -10.5. The fraction of sp³-hybridized carbons (Fsp3) is 0.400. The Balaban J connectivity index is 2.33. The fourth-order valence-electron chi connectivity index (χ4n) is 2.93. The Labute approximate surface area is 173 Å². The van der Waals surface area contributed by atoms with Gasteiger partial charge in [0.05, 0.1) is 29.9 Å². The van der Waals surface area contributed by atoms with E-state index >= 15 is 0 Å². The first kappa shape index (κ1) is 24.5. The minimum Gasteiger partial charge on any atom is -0.395 e. The fourth-order valence-corrected chi connectivity index (χ4v) is 3.85. The molecule has 0 heterocycles. The molecule has 0 amide bonds. The molecule has 0 saturated carbocycles. The number of hydrogen-bond donors (Lipinski definition) is 3. The summed E-state index contributed by atoms with van der Waals surface area (Å²) in [5.74, 6) is -0.721. The van der Waals surface area contributed by atoms with E-state index in [1.54, 1.807) is 0 Å². The van der Waals surface area contributed by atoms with E-state index in [0.717, 1.165) is 30.0 Å². The van der Waals surface area contributed by atoms with Gasteiger partial charge in [0, 0.05) is 9.79 Å². The largest absolute Gasteiger partial charge is 0.416 e. The maximum Gasteiger partial charge on any atom is 0.416 e. The van der Waals surface area contributed by atoms with E-state index in [9.17, 15) is 31.4 Å². The molecule has 0 aromatic heterocycles.